The second-order valence-electron chi connectivity index (χ2n) is 5.18. The van der Waals surface area contributed by atoms with E-state index in [4.69, 9.17) is 5.73 Å². The molecule has 0 unspecified atom stereocenters. The Morgan fingerprint density at radius 2 is 1.78 bits per heavy atom. The summed E-state index contributed by atoms with van der Waals surface area (Å²) in [4.78, 5) is 23.1. The smallest absolute Gasteiger partial charge is 0.237 e. The van der Waals surface area contributed by atoms with E-state index in [-0.39, 0.29) is 11.8 Å². The SMILES string of the molecule is CSCC[C@H](N)C(=O)NCCNC(=O)C(C)(C)C. The van der Waals surface area contributed by atoms with E-state index in [1.165, 1.54) is 0 Å². The highest BCUT2D eigenvalue weighted by Crippen LogP contribution is 2.11. The highest BCUT2D eigenvalue weighted by molar-refractivity contribution is 7.98. The van der Waals surface area contributed by atoms with Gasteiger partial charge in [0.05, 0.1) is 6.04 Å². The molecule has 0 saturated carbocycles. The number of nitrogens with one attached hydrogen (secondary N) is 2. The Kier molecular flexibility index (Phi) is 8.02. The van der Waals surface area contributed by atoms with E-state index in [2.05, 4.69) is 10.6 Å². The number of thioether (sulfide) groups is 1. The number of hydrogen-bond acceptors (Lipinski definition) is 4. The van der Waals surface area contributed by atoms with Crippen LogP contribution >= 0.6 is 11.8 Å². The van der Waals surface area contributed by atoms with Gasteiger partial charge in [-0.1, -0.05) is 20.8 Å². The quantitative estimate of drug-likeness (QED) is 0.585. The summed E-state index contributed by atoms with van der Waals surface area (Å²) < 4.78 is 0. The lowest BCUT2D eigenvalue weighted by atomic mass is 9.96. The maximum Gasteiger partial charge on any atom is 0.237 e. The second-order valence-corrected chi connectivity index (χ2v) is 6.17. The molecule has 4 N–H and O–H groups in total. The first-order chi connectivity index (χ1) is 8.29. The Bertz CT molecular complexity index is 277. The van der Waals surface area contributed by atoms with Crippen molar-refractivity contribution < 1.29 is 9.59 Å². The minimum atomic E-state index is -0.462. The second kappa shape index (κ2) is 8.37. The van der Waals surface area contributed by atoms with Gasteiger partial charge in [0.25, 0.3) is 0 Å². The first-order valence-corrected chi connectivity index (χ1v) is 7.49. The summed E-state index contributed by atoms with van der Waals surface area (Å²) in [6.45, 7) is 6.38. The Labute approximate surface area is 114 Å². The third-order valence-electron chi connectivity index (χ3n) is 2.36. The van der Waals surface area contributed by atoms with Crippen molar-refractivity contribution in [3.8, 4) is 0 Å². The minimum Gasteiger partial charge on any atom is -0.354 e. The molecule has 0 fully saturated rings. The summed E-state index contributed by atoms with van der Waals surface area (Å²) in [5.41, 5.74) is 5.30. The number of amides is 2. The molecule has 18 heavy (non-hydrogen) atoms. The van der Waals surface area contributed by atoms with Crippen LogP contribution in [0.3, 0.4) is 0 Å². The van der Waals surface area contributed by atoms with Crippen LogP contribution in [0, 0.1) is 5.41 Å². The molecule has 0 aliphatic rings. The van der Waals surface area contributed by atoms with Gasteiger partial charge in [0.1, 0.15) is 0 Å². The molecule has 0 spiro atoms. The van der Waals surface area contributed by atoms with Crippen molar-refractivity contribution in [2.45, 2.75) is 33.2 Å². The third kappa shape index (κ3) is 7.55. The van der Waals surface area contributed by atoms with Gasteiger partial charge in [-0.2, -0.15) is 11.8 Å². The highest BCUT2D eigenvalue weighted by Gasteiger charge is 2.20. The van der Waals surface area contributed by atoms with Crippen molar-refractivity contribution in [3.05, 3.63) is 0 Å². The molecule has 0 radical (unpaired) electrons. The van der Waals surface area contributed by atoms with E-state index in [9.17, 15) is 9.59 Å². The Hall–Kier alpha value is -0.750. The minimum absolute atomic E-state index is 0.0246. The molecule has 1 atom stereocenters. The van der Waals surface area contributed by atoms with Crippen LogP contribution in [0.5, 0.6) is 0 Å². The zero-order valence-corrected chi connectivity index (χ0v) is 12.5. The van der Waals surface area contributed by atoms with Crippen LogP contribution in [0.2, 0.25) is 0 Å². The van der Waals surface area contributed by atoms with E-state index >= 15 is 0 Å². The van der Waals surface area contributed by atoms with E-state index in [1.807, 2.05) is 27.0 Å². The molecule has 0 rings (SSSR count). The maximum atomic E-state index is 11.5. The van der Waals surface area contributed by atoms with Crippen molar-refractivity contribution in [2.75, 3.05) is 25.1 Å². The van der Waals surface area contributed by atoms with E-state index in [0.717, 1.165) is 5.75 Å². The summed E-state index contributed by atoms with van der Waals surface area (Å²) in [6, 6.07) is -0.462. The number of rotatable bonds is 7. The summed E-state index contributed by atoms with van der Waals surface area (Å²) in [6.07, 6.45) is 2.65. The molecule has 0 aromatic rings. The summed E-state index contributed by atoms with van der Waals surface area (Å²) >= 11 is 1.67. The van der Waals surface area contributed by atoms with Crippen LogP contribution in [0.1, 0.15) is 27.2 Å². The van der Waals surface area contributed by atoms with Crippen molar-refractivity contribution in [3.63, 3.8) is 0 Å². The normalized spacial score (nSPS) is 12.9. The first kappa shape index (κ1) is 17.2. The maximum absolute atomic E-state index is 11.5. The molecule has 0 aromatic heterocycles. The van der Waals surface area contributed by atoms with Crippen LogP contribution in [-0.4, -0.2) is 43.0 Å². The van der Waals surface area contributed by atoms with Crippen molar-refractivity contribution >= 4 is 23.6 Å². The van der Waals surface area contributed by atoms with Gasteiger partial charge >= 0.3 is 0 Å². The number of carbonyl (C=O) groups is 2. The first-order valence-electron chi connectivity index (χ1n) is 6.09. The monoisotopic (exact) mass is 275 g/mol. The van der Waals surface area contributed by atoms with Gasteiger partial charge in [-0.25, -0.2) is 0 Å². The van der Waals surface area contributed by atoms with E-state index < -0.39 is 11.5 Å². The fourth-order valence-corrected chi connectivity index (χ4v) is 1.62. The lowest BCUT2D eigenvalue weighted by Gasteiger charge is -2.18. The fourth-order valence-electron chi connectivity index (χ4n) is 1.13. The predicted octanol–water partition coefficient (Wildman–Crippen LogP) is 0.345. The number of hydrogen-bond donors (Lipinski definition) is 3. The van der Waals surface area contributed by atoms with Gasteiger partial charge in [0.15, 0.2) is 0 Å². The average Bonchev–Trinajstić information content (AvgIpc) is 2.29. The Morgan fingerprint density at radius 1 is 1.22 bits per heavy atom. The summed E-state index contributed by atoms with van der Waals surface area (Å²) in [5.74, 6) is 0.688. The number of carbonyl (C=O) groups excluding carboxylic acids is 2. The molecule has 6 heteroatoms. The Balaban J connectivity index is 3.72. The lowest BCUT2D eigenvalue weighted by molar-refractivity contribution is -0.128. The van der Waals surface area contributed by atoms with Gasteiger partial charge in [-0.05, 0) is 18.4 Å². The van der Waals surface area contributed by atoms with Gasteiger partial charge in [0, 0.05) is 18.5 Å². The average molecular weight is 275 g/mol. The molecule has 2 amide bonds. The van der Waals surface area contributed by atoms with Crippen molar-refractivity contribution in [1.82, 2.24) is 10.6 Å². The molecular formula is C12H25N3O2S. The largest absolute Gasteiger partial charge is 0.354 e. The zero-order valence-electron chi connectivity index (χ0n) is 11.7. The molecule has 0 aromatic carbocycles. The van der Waals surface area contributed by atoms with Crippen molar-refractivity contribution in [2.24, 2.45) is 11.1 Å². The van der Waals surface area contributed by atoms with Gasteiger partial charge in [-0.15, -0.1) is 0 Å². The summed E-state index contributed by atoms with van der Waals surface area (Å²) in [5, 5.41) is 5.47. The van der Waals surface area contributed by atoms with Crippen LogP contribution < -0.4 is 16.4 Å². The predicted molar refractivity (Wildman–Crippen MR) is 76.4 cm³/mol. The molecule has 0 saturated heterocycles. The fraction of sp³-hybridized carbons (Fsp3) is 0.833. The Morgan fingerprint density at radius 3 is 2.28 bits per heavy atom. The molecule has 106 valence electrons. The van der Waals surface area contributed by atoms with E-state index in [0.29, 0.717) is 19.5 Å². The number of nitrogens with two attached hydrogens (primary N) is 1. The van der Waals surface area contributed by atoms with Crippen LogP contribution in [0.4, 0.5) is 0 Å². The standard InChI is InChI=1S/C12H25N3O2S/c1-12(2,3)11(17)15-7-6-14-10(16)9(13)5-8-18-4/h9H,5-8,13H2,1-4H3,(H,14,16)(H,15,17)/t9-/m0/s1. The topological polar surface area (TPSA) is 84.2 Å². The van der Waals surface area contributed by atoms with Crippen molar-refractivity contribution in [1.29, 1.82) is 0 Å². The van der Waals surface area contributed by atoms with Crippen LogP contribution in [0.25, 0.3) is 0 Å². The van der Waals surface area contributed by atoms with E-state index in [1.54, 1.807) is 11.8 Å². The lowest BCUT2D eigenvalue weighted by Crippen LogP contribution is -2.45. The molecule has 0 bridgehead atoms. The van der Waals surface area contributed by atoms with Gasteiger partial charge in [0.2, 0.25) is 11.8 Å². The van der Waals surface area contributed by atoms with Gasteiger partial charge in [-0.3, -0.25) is 9.59 Å². The van der Waals surface area contributed by atoms with Gasteiger partial charge < -0.3 is 16.4 Å². The molecule has 0 heterocycles. The zero-order chi connectivity index (χ0) is 14.2. The molecular weight excluding hydrogens is 250 g/mol. The van der Waals surface area contributed by atoms with Crippen LogP contribution in [-0.2, 0) is 9.59 Å². The molecule has 5 nitrogen and oxygen atoms in total. The third-order valence-corrected chi connectivity index (χ3v) is 3.00. The van der Waals surface area contributed by atoms with Crippen LogP contribution in [0.15, 0.2) is 0 Å². The molecule has 0 aliphatic heterocycles. The molecule has 0 aliphatic carbocycles. The summed E-state index contributed by atoms with van der Waals surface area (Å²) in [7, 11) is 0. The highest BCUT2D eigenvalue weighted by atomic mass is 32.2.